The normalized spacial score (nSPS) is 11.7. The lowest BCUT2D eigenvalue weighted by Crippen LogP contribution is -2.22. The molecule has 5 heteroatoms. The van der Waals surface area contributed by atoms with Crippen molar-refractivity contribution < 1.29 is 14.3 Å². The third kappa shape index (κ3) is 4.45. The molecule has 0 spiro atoms. The molecule has 1 N–H and O–H groups in total. The molecule has 128 valence electrons. The highest BCUT2D eigenvalue weighted by Gasteiger charge is 2.16. The van der Waals surface area contributed by atoms with Gasteiger partial charge in [0.1, 0.15) is 0 Å². The molecule has 0 saturated heterocycles. The molecular weight excluding hydrogens is 322 g/mol. The van der Waals surface area contributed by atoms with E-state index in [2.05, 4.69) is 31.3 Å². The van der Waals surface area contributed by atoms with Crippen LogP contribution in [0, 0.1) is 13.8 Å². The molecule has 0 aliphatic heterocycles. The average Bonchev–Trinajstić information content (AvgIpc) is 2.57. The Labute approximate surface area is 147 Å². The lowest BCUT2D eigenvalue weighted by molar-refractivity contribution is -0.115. The Kier molecular flexibility index (Phi) is 6.15. The molecule has 0 aliphatic rings. The fourth-order valence-corrected chi connectivity index (χ4v) is 3.17. The topological polar surface area (TPSA) is 47.6 Å². The van der Waals surface area contributed by atoms with Gasteiger partial charge in [0.25, 0.3) is 0 Å². The summed E-state index contributed by atoms with van der Waals surface area (Å²) in [5.41, 5.74) is 3.17. The number of amides is 1. The van der Waals surface area contributed by atoms with E-state index < -0.39 is 0 Å². The third-order valence-corrected chi connectivity index (χ3v) is 4.91. The predicted octanol–water partition coefficient (Wildman–Crippen LogP) is 4.44. The first-order valence-corrected chi connectivity index (χ1v) is 8.59. The van der Waals surface area contributed by atoms with E-state index in [-0.39, 0.29) is 11.2 Å². The lowest BCUT2D eigenvalue weighted by Gasteiger charge is -2.14. The number of ether oxygens (including phenoxy) is 2. The van der Waals surface area contributed by atoms with Crippen LogP contribution in [0.3, 0.4) is 0 Å². The summed E-state index contributed by atoms with van der Waals surface area (Å²) >= 11 is 1.54. The molecule has 0 heterocycles. The van der Waals surface area contributed by atoms with E-state index in [1.54, 1.807) is 44.2 Å². The van der Waals surface area contributed by atoms with Crippen molar-refractivity contribution in [2.24, 2.45) is 0 Å². The van der Waals surface area contributed by atoms with E-state index in [0.29, 0.717) is 17.2 Å². The smallest absolute Gasteiger partial charge is 0.237 e. The van der Waals surface area contributed by atoms with Gasteiger partial charge in [-0.05, 0) is 56.2 Å². The third-order valence-electron chi connectivity index (χ3n) is 3.81. The molecule has 0 unspecified atom stereocenters. The summed E-state index contributed by atoms with van der Waals surface area (Å²) in [6, 6.07) is 11.6. The lowest BCUT2D eigenvalue weighted by atomic mass is 10.1. The van der Waals surface area contributed by atoms with Gasteiger partial charge in [-0.3, -0.25) is 4.79 Å². The zero-order valence-corrected chi connectivity index (χ0v) is 15.5. The maximum absolute atomic E-state index is 12.4. The minimum Gasteiger partial charge on any atom is -0.493 e. The quantitative estimate of drug-likeness (QED) is 0.786. The van der Waals surface area contributed by atoms with Gasteiger partial charge in [0.15, 0.2) is 11.5 Å². The van der Waals surface area contributed by atoms with Gasteiger partial charge in [-0.1, -0.05) is 6.07 Å². The highest BCUT2D eigenvalue weighted by molar-refractivity contribution is 8.00. The van der Waals surface area contributed by atoms with Crippen LogP contribution in [-0.2, 0) is 4.79 Å². The van der Waals surface area contributed by atoms with Crippen LogP contribution in [0.1, 0.15) is 18.1 Å². The summed E-state index contributed by atoms with van der Waals surface area (Å²) in [4.78, 5) is 13.5. The fourth-order valence-electron chi connectivity index (χ4n) is 2.20. The van der Waals surface area contributed by atoms with Crippen LogP contribution in [0.15, 0.2) is 41.3 Å². The zero-order chi connectivity index (χ0) is 17.7. The van der Waals surface area contributed by atoms with Crippen molar-refractivity contribution in [1.29, 1.82) is 0 Å². The average molecular weight is 345 g/mol. The Morgan fingerprint density at radius 2 is 1.71 bits per heavy atom. The number of aryl methyl sites for hydroxylation is 2. The van der Waals surface area contributed by atoms with Crippen molar-refractivity contribution in [3.05, 3.63) is 47.5 Å². The van der Waals surface area contributed by atoms with Gasteiger partial charge < -0.3 is 14.8 Å². The molecule has 0 fully saturated rings. The molecule has 0 radical (unpaired) electrons. The number of rotatable bonds is 6. The van der Waals surface area contributed by atoms with E-state index in [1.807, 2.05) is 13.0 Å². The predicted molar refractivity (Wildman–Crippen MR) is 99.4 cm³/mol. The van der Waals surface area contributed by atoms with Gasteiger partial charge in [0, 0.05) is 16.6 Å². The number of thioether (sulfide) groups is 1. The van der Waals surface area contributed by atoms with E-state index in [4.69, 9.17) is 9.47 Å². The molecule has 0 saturated carbocycles. The van der Waals surface area contributed by atoms with Crippen molar-refractivity contribution in [3.63, 3.8) is 0 Å². The van der Waals surface area contributed by atoms with E-state index in [9.17, 15) is 4.79 Å². The summed E-state index contributed by atoms with van der Waals surface area (Å²) in [5, 5.41) is 2.71. The standard InChI is InChI=1S/C19H23NO3S/c1-12-6-8-16(10-13(12)2)24-14(3)19(21)20-15-7-9-17(22-4)18(11-15)23-5/h6-11,14H,1-5H3,(H,20,21)/t14-/m0/s1. The number of carbonyl (C=O) groups excluding carboxylic acids is 1. The van der Waals surface area contributed by atoms with Gasteiger partial charge in [-0.15, -0.1) is 11.8 Å². The highest BCUT2D eigenvalue weighted by Crippen LogP contribution is 2.31. The van der Waals surface area contributed by atoms with Crippen LogP contribution >= 0.6 is 11.8 Å². The van der Waals surface area contributed by atoms with Gasteiger partial charge in [0.05, 0.1) is 19.5 Å². The van der Waals surface area contributed by atoms with Gasteiger partial charge in [0.2, 0.25) is 5.91 Å². The number of carbonyl (C=O) groups is 1. The first-order valence-electron chi connectivity index (χ1n) is 7.71. The molecule has 1 amide bonds. The van der Waals surface area contributed by atoms with Gasteiger partial charge >= 0.3 is 0 Å². The summed E-state index contributed by atoms with van der Waals surface area (Å²) < 4.78 is 10.5. The molecule has 2 aromatic rings. The van der Waals surface area contributed by atoms with Crippen molar-refractivity contribution >= 4 is 23.4 Å². The van der Waals surface area contributed by atoms with Crippen LogP contribution < -0.4 is 14.8 Å². The molecule has 4 nitrogen and oxygen atoms in total. The number of nitrogens with one attached hydrogen (secondary N) is 1. The Morgan fingerprint density at radius 1 is 1.00 bits per heavy atom. The van der Waals surface area contributed by atoms with E-state index in [1.165, 1.54) is 11.1 Å². The summed E-state index contributed by atoms with van der Waals surface area (Å²) in [7, 11) is 3.15. The Bertz CT molecular complexity index is 731. The fraction of sp³-hybridized carbons (Fsp3) is 0.316. The first kappa shape index (κ1) is 18.2. The second-order valence-corrected chi connectivity index (χ2v) is 6.98. The van der Waals surface area contributed by atoms with E-state index >= 15 is 0 Å². The van der Waals surface area contributed by atoms with Crippen LogP contribution in [0.2, 0.25) is 0 Å². The Hall–Kier alpha value is -2.14. The molecule has 0 bridgehead atoms. The number of anilines is 1. The SMILES string of the molecule is COc1ccc(NC(=O)[C@H](C)Sc2ccc(C)c(C)c2)cc1OC. The van der Waals surface area contributed by atoms with E-state index in [0.717, 1.165) is 4.90 Å². The minimum atomic E-state index is -0.208. The van der Waals surface area contributed by atoms with Crippen molar-refractivity contribution in [2.45, 2.75) is 30.9 Å². The maximum atomic E-state index is 12.4. The largest absolute Gasteiger partial charge is 0.493 e. The van der Waals surface area contributed by atoms with Crippen molar-refractivity contribution in [2.75, 3.05) is 19.5 Å². The van der Waals surface area contributed by atoms with Gasteiger partial charge in [-0.2, -0.15) is 0 Å². The highest BCUT2D eigenvalue weighted by atomic mass is 32.2. The first-order chi connectivity index (χ1) is 11.4. The number of hydrogen-bond donors (Lipinski definition) is 1. The second-order valence-electron chi connectivity index (χ2n) is 5.57. The van der Waals surface area contributed by atoms with Crippen molar-refractivity contribution in [3.8, 4) is 11.5 Å². The Morgan fingerprint density at radius 3 is 2.33 bits per heavy atom. The van der Waals surface area contributed by atoms with Crippen LogP contribution in [0.5, 0.6) is 11.5 Å². The zero-order valence-electron chi connectivity index (χ0n) is 14.7. The molecule has 1 atom stereocenters. The number of hydrogen-bond acceptors (Lipinski definition) is 4. The number of methoxy groups -OCH3 is 2. The van der Waals surface area contributed by atoms with Crippen molar-refractivity contribution in [1.82, 2.24) is 0 Å². The summed E-state index contributed by atoms with van der Waals surface area (Å²) in [6.45, 7) is 6.06. The van der Waals surface area contributed by atoms with Crippen LogP contribution in [0.25, 0.3) is 0 Å². The second kappa shape index (κ2) is 8.11. The maximum Gasteiger partial charge on any atom is 0.237 e. The Balaban J connectivity index is 2.04. The molecule has 24 heavy (non-hydrogen) atoms. The molecule has 2 aromatic carbocycles. The summed E-state index contributed by atoms with van der Waals surface area (Å²) in [5.74, 6) is 1.17. The van der Waals surface area contributed by atoms with Crippen LogP contribution in [0.4, 0.5) is 5.69 Å². The molecular formula is C19H23NO3S. The monoisotopic (exact) mass is 345 g/mol. The summed E-state index contributed by atoms with van der Waals surface area (Å²) in [6.07, 6.45) is 0. The molecule has 0 aromatic heterocycles. The minimum absolute atomic E-state index is 0.0505. The molecule has 2 rings (SSSR count). The van der Waals surface area contributed by atoms with Crippen LogP contribution in [-0.4, -0.2) is 25.4 Å². The van der Waals surface area contributed by atoms with Gasteiger partial charge in [-0.25, -0.2) is 0 Å². The molecule has 0 aliphatic carbocycles. The number of benzene rings is 2.